The normalized spacial score (nSPS) is 26.2. The Balaban J connectivity index is 1.35. The highest BCUT2D eigenvalue weighted by atomic mass is 19.4. The van der Waals surface area contributed by atoms with E-state index in [9.17, 15) is 13.2 Å². The van der Waals surface area contributed by atoms with Gasteiger partial charge in [0.05, 0.1) is 36.6 Å². The number of nitrogens with zero attached hydrogens (tertiary/aromatic N) is 4. The molecule has 6 rings (SSSR count). The third kappa shape index (κ3) is 3.12. The Bertz CT molecular complexity index is 1050. The first-order chi connectivity index (χ1) is 14.9. The third-order valence-corrected chi connectivity index (χ3v) is 7.17. The molecule has 2 saturated carbocycles. The summed E-state index contributed by atoms with van der Waals surface area (Å²) < 4.78 is 47.4. The minimum atomic E-state index is -4.54. The summed E-state index contributed by atoms with van der Waals surface area (Å²) in [6, 6.07) is 3.83. The van der Waals surface area contributed by atoms with Crippen molar-refractivity contribution in [1.29, 1.82) is 0 Å². The summed E-state index contributed by atoms with van der Waals surface area (Å²) >= 11 is 0. The van der Waals surface area contributed by atoms with E-state index in [4.69, 9.17) is 15.6 Å². The molecule has 31 heavy (non-hydrogen) atoms. The fraction of sp³-hybridized carbons (Fsp3) is 0.545. The molecule has 2 atom stereocenters. The van der Waals surface area contributed by atoms with Gasteiger partial charge in [-0.05, 0) is 36.7 Å². The number of hydrogen-bond acceptors (Lipinski definition) is 5. The van der Waals surface area contributed by atoms with Crippen molar-refractivity contribution in [2.24, 2.45) is 5.92 Å². The Kier molecular flexibility index (Phi) is 4.15. The first-order valence-corrected chi connectivity index (χ1v) is 10.9. The van der Waals surface area contributed by atoms with Crippen LogP contribution in [0.3, 0.4) is 0 Å². The van der Waals surface area contributed by atoms with Crippen molar-refractivity contribution in [3.8, 4) is 11.3 Å². The van der Waals surface area contributed by atoms with Crippen LogP contribution in [-0.4, -0.2) is 45.5 Å². The van der Waals surface area contributed by atoms with Crippen LogP contribution in [0, 0.1) is 5.92 Å². The van der Waals surface area contributed by atoms with Crippen LogP contribution in [0.5, 0.6) is 0 Å². The van der Waals surface area contributed by atoms with Gasteiger partial charge in [0.15, 0.2) is 0 Å². The van der Waals surface area contributed by atoms with Crippen molar-refractivity contribution in [1.82, 2.24) is 19.7 Å². The van der Waals surface area contributed by atoms with E-state index in [-0.39, 0.29) is 0 Å². The van der Waals surface area contributed by atoms with Crippen molar-refractivity contribution in [3.63, 3.8) is 0 Å². The smallest absolute Gasteiger partial charge is 0.383 e. The number of anilines is 1. The van der Waals surface area contributed by atoms with Crippen LogP contribution in [-0.2, 0) is 10.9 Å². The first kappa shape index (κ1) is 19.2. The number of hydrogen-bond donors (Lipinski definition) is 1. The van der Waals surface area contributed by atoms with E-state index in [1.807, 2.05) is 6.07 Å². The summed E-state index contributed by atoms with van der Waals surface area (Å²) in [5.74, 6) is 0.275. The zero-order valence-corrected chi connectivity index (χ0v) is 17.0. The maximum atomic E-state index is 13.3. The Hall–Kier alpha value is -2.55. The Morgan fingerprint density at radius 3 is 2.48 bits per heavy atom. The molecule has 9 heteroatoms. The highest BCUT2D eigenvalue weighted by Crippen LogP contribution is 2.58. The van der Waals surface area contributed by atoms with Crippen molar-refractivity contribution >= 4 is 5.82 Å². The summed E-state index contributed by atoms with van der Waals surface area (Å²) in [6.07, 6.45) is 3.55. The number of ether oxygens (including phenoxy) is 1. The van der Waals surface area contributed by atoms with Crippen molar-refractivity contribution in [3.05, 3.63) is 41.4 Å². The van der Waals surface area contributed by atoms with Gasteiger partial charge in [0.25, 0.3) is 0 Å². The molecule has 0 amide bonds. The molecule has 6 nitrogen and oxygen atoms in total. The summed E-state index contributed by atoms with van der Waals surface area (Å²) in [7, 11) is 0. The molecule has 4 heterocycles. The molecule has 0 unspecified atom stereocenters. The van der Waals surface area contributed by atoms with E-state index in [0.29, 0.717) is 35.2 Å². The molecule has 0 aromatic carbocycles. The molecular weight excluding hydrogens is 407 g/mol. The molecule has 1 saturated heterocycles. The lowest BCUT2D eigenvalue weighted by Gasteiger charge is -2.35. The fourth-order valence-electron chi connectivity index (χ4n) is 5.31. The minimum absolute atomic E-state index is 0.308. The highest BCUT2D eigenvalue weighted by Gasteiger charge is 2.53. The second-order valence-corrected chi connectivity index (χ2v) is 9.09. The topological polar surface area (TPSA) is 69.2 Å². The van der Waals surface area contributed by atoms with Gasteiger partial charge in [0.2, 0.25) is 0 Å². The second kappa shape index (κ2) is 6.72. The van der Waals surface area contributed by atoms with Crippen molar-refractivity contribution in [2.75, 3.05) is 25.5 Å². The summed E-state index contributed by atoms with van der Waals surface area (Å²) in [5.41, 5.74) is 7.99. The molecular formula is C22H24F3N5O. The summed E-state index contributed by atoms with van der Waals surface area (Å²) in [5, 5.41) is 4.79. The zero-order chi connectivity index (χ0) is 21.3. The van der Waals surface area contributed by atoms with Crippen LogP contribution in [0.4, 0.5) is 19.0 Å². The van der Waals surface area contributed by atoms with Crippen molar-refractivity contribution in [2.45, 2.75) is 49.9 Å². The number of aromatic nitrogens is 3. The molecule has 0 radical (unpaired) electrons. The van der Waals surface area contributed by atoms with Gasteiger partial charge in [-0.3, -0.25) is 4.68 Å². The van der Waals surface area contributed by atoms with Crippen LogP contribution in [0.25, 0.3) is 11.3 Å². The van der Waals surface area contributed by atoms with Gasteiger partial charge < -0.3 is 15.4 Å². The second-order valence-electron chi connectivity index (χ2n) is 9.09. The monoisotopic (exact) mass is 431 g/mol. The lowest BCUT2D eigenvalue weighted by Crippen LogP contribution is -2.46. The molecule has 0 bridgehead atoms. The molecule has 2 aliphatic heterocycles. The average Bonchev–Trinajstić information content (AvgIpc) is 3.17. The number of fused-ring (bicyclic) bond motifs is 1. The third-order valence-electron chi connectivity index (χ3n) is 7.17. The van der Waals surface area contributed by atoms with Crippen LogP contribution in [0.2, 0.25) is 0 Å². The van der Waals surface area contributed by atoms with Crippen LogP contribution in [0.15, 0.2) is 30.1 Å². The van der Waals surface area contributed by atoms with Gasteiger partial charge in [-0.25, -0.2) is 4.98 Å². The maximum Gasteiger partial charge on any atom is 0.419 e. The maximum absolute atomic E-state index is 13.3. The van der Waals surface area contributed by atoms with Gasteiger partial charge in [-0.15, -0.1) is 0 Å². The van der Waals surface area contributed by atoms with Crippen LogP contribution < -0.4 is 5.73 Å². The Morgan fingerprint density at radius 2 is 1.87 bits per heavy atom. The number of nitrogens with two attached hydrogens (primary N) is 1. The molecule has 3 fully saturated rings. The molecule has 2 aromatic rings. The van der Waals surface area contributed by atoms with Gasteiger partial charge >= 0.3 is 6.18 Å². The molecule has 4 aliphatic rings. The summed E-state index contributed by atoms with van der Waals surface area (Å²) in [4.78, 5) is 6.17. The Morgan fingerprint density at radius 1 is 1.10 bits per heavy atom. The van der Waals surface area contributed by atoms with Crippen LogP contribution >= 0.6 is 0 Å². The summed E-state index contributed by atoms with van der Waals surface area (Å²) in [6.45, 7) is 2.56. The number of alkyl halides is 3. The van der Waals surface area contributed by atoms with E-state index in [1.165, 1.54) is 11.8 Å². The lowest BCUT2D eigenvalue weighted by molar-refractivity contribution is -0.137. The van der Waals surface area contributed by atoms with E-state index < -0.39 is 17.6 Å². The standard InChI is InChI=1S/C22H24F3N5O/c23-22(24,25)17-5-12(7-27-21(17)26)18-6-19(30(28-18)13-3-1-2-4-13)20-15-8-29(9-16(15)20)14-10-31-11-14/h5-8,13-14,16,20H,1-4,9-11H2,(H2,26,27)/t16-,20-/m0/s1. The van der Waals surface area contributed by atoms with E-state index in [0.717, 1.165) is 57.2 Å². The quantitative estimate of drug-likeness (QED) is 0.793. The predicted octanol–water partition coefficient (Wildman–Crippen LogP) is 3.97. The molecule has 164 valence electrons. The molecule has 2 N–H and O–H groups in total. The number of pyridine rings is 1. The van der Waals surface area contributed by atoms with Gasteiger partial charge in [0, 0.05) is 35.8 Å². The Labute approximate surface area is 177 Å². The van der Waals surface area contributed by atoms with Crippen molar-refractivity contribution < 1.29 is 17.9 Å². The van der Waals surface area contributed by atoms with Gasteiger partial charge in [0.1, 0.15) is 5.82 Å². The van der Waals surface area contributed by atoms with E-state index in [2.05, 4.69) is 20.8 Å². The largest absolute Gasteiger partial charge is 0.419 e. The lowest BCUT2D eigenvalue weighted by atomic mass is 10.1. The molecule has 0 spiro atoms. The molecule has 2 aromatic heterocycles. The average molecular weight is 431 g/mol. The number of halogens is 3. The van der Waals surface area contributed by atoms with Gasteiger partial charge in [-0.2, -0.15) is 18.3 Å². The number of nitrogen functional groups attached to an aromatic ring is 1. The number of rotatable bonds is 4. The SMILES string of the molecule is Nc1ncc(-c2cc([C@H]3C4=CN(C5COC5)C[C@@H]43)n(C3CCCC3)n2)cc1C(F)(F)F. The first-order valence-electron chi connectivity index (χ1n) is 10.9. The fourth-order valence-corrected chi connectivity index (χ4v) is 5.31. The van der Waals surface area contributed by atoms with E-state index >= 15 is 0 Å². The predicted molar refractivity (Wildman–Crippen MR) is 108 cm³/mol. The zero-order valence-electron chi connectivity index (χ0n) is 17.0. The van der Waals surface area contributed by atoms with E-state index in [1.54, 1.807) is 0 Å². The van der Waals surface area contributed by atoms with Gasteiger partial charge in [-0.1, -0.05) is 12.8 Å². The van der Waals surface area contributed by atoms with Crippen LogP contribution in [0.1, 0.15) is 48.9 Å². The molecule has 2 aliphatic carbocycles. The minimum Gasteiger partial charge on any atom is -0.383 e. The highest BCUT2D eigenvalue weighted by molar-refractivity contribution is 5.64.